The van der Waals surface area contributed by atoms with Gasteiger partial charge < -0.3 is 5.32 Å². The van der Waals surface area contributed by atoms with Crippen molar-refractivity contribution in [2.75, 3.05) is 5.32 Å². The van der Waals surface area contributed by atoms with Crippen molar-refractivity contribution < 1.29 is 9.59 Å². The number of benzene rings is 1. The Bertz CT molecular complexity index is 409. The second-order valence-corrected chi connectivity index (χ2v) is 4.16. The molecule has 0 saturated carbocycles. The van der Waals surface area contributed by atoms with Crippen molar-refractivity contribution in [3.8, 4) is 0 Å². The summed E-state index contributed by atoms with van der Waals surface area (Å²) in [5.74, 6) is 0.304. The van der Waals surface area contributed by atoms with Gasteiger partial charge in [0.1, 0.15) is 6.29 Å². The highest BCUT2D eigenvalue weighted by Crippen LogP contribution is 2.30. The molecule has 1 aromatic carbocycles. The Morgan fingerprint density at radius 1 is 1.35 bits per heavy atom. The molecule has 0 atom stereocenters. The number of carbonyl (C=O) groups excluding carboxylic acids is 2. The SMILES string of the molecule is CCC(CC)c1ccc(C=O)cc1NC(C)=O. The molecule has 17 heavy (non-hydrogen) atoms. The Morgan fingerprint density at radius 3 is 2.47 bits per heavy atom. The molecule has 1 amide bonds. The first kappa shape index (κ1) is 13.4. The molecule has 0 aliphatic heterocycles. The van der Waals surface area contributed by atoms with Crippen molar-refractivity contribution in [1.29, 1.82) is 0 Å². The van der Waals surface area contributed by atoms with Crippen molar-refractivity contribution in [3.63, 3.8) is 0 Å². The van der Waals surface area contributed by atoms with E-state index >= 15 is 0 Å². The predicted octanol–water partition coefficient (Wildman–Crippen LogP) is 3.36. The third kappa shape index (κ3) is 3.41. The monoisotopic (exact) mass is 233 g/mol. The normalized spacial score (nSPS) is 10.4. The van der Waals surface area contributed by atoms with E-state index < -0.39 is 0 Å². The maximum atomic E-state index is 11.2. The lowest BCUT2D eigenvalue weighted by molar-refractivity contribution is -0.114. The zero-order valence-electron chi connectivity index (χ0n) is 10.6. The van der Waals surface area contributed by atoms with Crippen LogP contribution in [0.5, 0.6) is 0 Å². The van der Waals surface area contributed by atoms with Gasteiger partial charge in [0.15, 0.2) is 0 Å². The van der Waals surface area contributed by atoms with Crippen LogP contribution in [-0.4, -0.2) is 12.2 Å². The summed E-state index contributed by atoms with van der Waals surface area (Å²) >= 11 is 0. The molecule has 3 nitrogen and oxygen atoms in total. The summed E-state index contributed by atoms with van der Waals surface area (Å²) in [4.78, 5) is 21.9. The van der Waals surface area contributed by atoms with Crippen LogP contribution < -0.4 is 5.32 Å². The second-order valence-electron chi connectivity index (χ2n) is 4.16. The van der Waals surface area contributed by atoms with Gasteiger partial charge in [0.2, 0.25) is 5.91 Å². The van der Waals surface area contributed by atoms with Crippen LogP contribution in [0.4, 0.5) is 5.69 Å². The average molecular weight is 233 g/mol. The van der Waals surface area contributed by atoms with E-state index in [4.69, 9.17) is 0 Å². The zero-order valence-corrected chi connectivity index (χ0v) is 10.6. The van der Waals surface area contributed by atoms with Crippen molar-refractivity contribution >= 4 is 17.9 Å². The van der Waals surface area contributed by atoms with Gasteiger partial charge in [-0.15, -0.1) is 0 Å². The minimum atomic E-state index is -0.111. The Hall–Kier alpha value is -1.64. The summed E-state index contributed by atoms with van der Waals surface area (Å²) in [6.07, 6.45) is 2.83. The topological polar surface area (TPSA) is 46.2 Å². The molecule has 0 unspecified atom stereocenters. The van der Waals surface area contributed by atoms with Crippen LogP contribution >= 0.6 is 0 Å². The lowest BCUT2D eigenvalue weighted by Gasteiger charge is -2.18. The van der Waals surface area contributed by atoms with Gasteiger partial charge in [-0.25, -0.2) is 0 Å². The number of nitrogens with one attached hydrogen (secondary N) is 1. The van der Waals surface area contributed by atoms with Gasteiger partial charge in [-0.3, -0.25) is 9.59 Å². The third-order valence-corrected chi connectivity index (χ3v) is 2.95. The maximum Gasteiger partial charge on any atom is 0.221 e. The maximum absolute atomic E-state index is 11.2. The molecule has 0 aliphatic rings. The zero-order chi connectivity index (χ0) is 12.8. The van der Waals surface area contributed by atoms with Crippen LogP contribution in [0.15, 0.2) is 18.2 Å². The van der Waals surface area contributed by atoms with E-state index in [1.165, 1.54) is 6.92 Å². The largest absolute Gasteiger partial charge is 0.326 e. The van der Waals surface area contributed by atoms with Crippen molar-refractivity contribution in [3.05, 3.63) is 29.3 Å². The number of hydrogen-bond donors (Lipinski definition) is 1. The number of carbonyl (C=O) groups is 2. The van der Waals surface area contributed by atoms with E-state index in [1.54, 1.807) is 12.1 Å². The van der Waals surface area contributed by atoms with E-state index in [1.807, 2.05) is 6.07 Å². The highest BCUT2D eigenvalue weighted by atomic mass is 16.1. The van der Waals surface area contributed by atoms with Crippen LogP contribution in [0.1, 0.15) is 55.5 Å². The molecule has 0 aliphatic carbocycles. The molecule has 92 valence electrons. The minimum Gasteiger partial charge on any atom is -0.326 e. The van der Waals surface area contributed by atoms with E-state index in [0.29, 0.717) is 11.5 Å². The highest BCUT2D eigenvalue weighted by Gasteiger charge is 2.13. The standard InChI is InChI=1S/C14H19NO2/c1-4-12(5-2)13-7-6-11(9-16)8-14(13)15-10(3)17/h6-9,12H,4-5H2,1-3H3,(H,15,17). The first-order chi connectivity index (χ1) is 8.12. The Kier molecular flexibility index (Phi) is 4.88. The summed E-state index contributed by atoms with van der Waals surface area (Å²) in [6.45, 7) is 5.73. The smallest absolute Gasteiger partial charge is 0.221 e. The molecular weight excluding hydrogens is 214 g/mol. The fourth-order valence-electron chi connectivity index (χ4n) is 2.03. The number of aldehydes is 1. The number of anilines is 1. The molecule has 0 aromatic heterocycles. The van der Waals surface area contributed by atoms with Crippen LogP contribution in [0.3, 0.4) is 0 Å². The predicted molar refractivity (Wildman–Crippen MR) is 69.5 cm³/mol. The summed E-state index contributed by atoms with van der Waals surface area (Å²) in [7, 11) is 0. The third-order valence-electron chi connectivity index (χ3n) is 2.95. The van der Waals surface area contributed by atoms with Gasteiger partial charge in [0, 0.05) is 18.2 Å². The van der Waals surface area contributed by atoms with E-state index in [0.717, 1.165) is 30.4 Å². The molecule has 1 N–H and O–H groups in total. The van der Waals surface area contributed by atoms with E-state index in [2.05, 4.69) is 19.2 Å². The van der Waals surface area contributed by atoms with Crippen LogP contribution in [-0.2, 0) is 4.79 Å². The summed E-state index contributed by atoms with van der Waals surface area (Å²) in [5.41, 5.74) is 2.45. The Morgan fingerprint density at radius 2 is 2.00 bits per heavy atom. The van der Waals surface area contributed by atoms with Crippen molar-refractivity contribution in [2.45, 2.75) is 39.5 Å². The molecular formula is C14H19NO2. The molecule has 0 spiro atoms. The average Bonchev–Trinajstić information content (AvgIpc) is 2.31. The molecule has 0 radical (unpaired) electrons. The number of amides is 1. The molecule has 3 heteroatoms. The first-order valence-corrected chi connectivity index (χ1v) is 5.99. The van der Waals surface area contributed by atoms with Gasteiger partial charge in [-0.1, -0.05) is 26.0 Å². The van der Waals surface area contributed by atoms with E-state index in [-0.39, 0.29) is 5.91 Å². The van der Waals surface area contributed by atoms with Gasteiger partial charge in [0.05, 0.1) is 0 Å². The summed E-state index contributed by atoms with van der Waals surface area (Å²) in [5, 5.41) is 2.80. The van der Waals surface area contributed by atoms with Crippen molar-refractivity contribution in [1.82, 2.24) is 0 Å². The number of rotatable bonds is 5. The van der Waals surface area contributed by atoms with Gasteiger partial charge in [0.25, 0.3) is 0 Å². The summed E-state index contributed by atoms with van der Waals surface area (Å²) < 4.78 is 0. The highest BCUT2D eigenvalue weighted by molar-refractivity contribution is 5.91. The lowest BCUT2D eigenvalue weighted by Crippen LogP contribution is -2.10. The fraction of sp³-hybridized carbons (Fsp3) is 0.429. The molecule has 0 bridgehead atoms. The molecule has 1 rings (SSSR count). The quantitative estimate of drug-likeness (QED) is 0.793. The first-order valence-electron chi connectivity index (χ1n) is 5.99. The molecule has 0 heterocycles. The van der Waals surface area contributed by atoms with Gasteiger partial charge in [-0.2, -0.15) is 0 Å². The molecule has 0 fully saturated rings. The fourth-order valence-corrected chi connectivity index (χ4v) is 2.03. The van der Waals surface area contributed by atoms with Crippen LogP contribution in [0.2, 0.25) is 0 Å². The van der Waals surface area contributed by atoms with Crippen LogP contribution in [0, 0.1) is 0 Å². The van der Waals surface area contributed by atoms with Gasteiger partial charge in [-0.05, 0) is 30.4 Å². The lowest BCUT2D eigenvalue weighted by atomic mass is 9.91. The second kappa shape index (κ2) is 6.18. The number of hydrogen-bond acceptors (Lipinski definition) is 2. The Labute approximate surface area is 102 Å². The molecule has 1 aromatic rings. The van der Waals surface area contributed by atoms with Crippen molar-refractivity contribution in [2.24, 2.45) is 0 Å². The molecule has 0 saturated heterocycles. The van der Waals surface area contributed by atoms with Gasteiger partial charge >= 0.3 is 0 Å². The summed E-state index contributed by atoms with van der Waals surface area (Å²) in [6, 6.07) is 5.47. The minimum absolute atomic E-state index is 0.111. The van der Waals surface area contributed by atoms with E-state index in [9.17, 15) is 9.59 Å². The van der Waals surface area contributed by atoms with Crippen LogP contribution in [0.25, 0.3) is 0 Å². The Balaban J connectivity index is 3.17.